The van der Waals surface area contributed by atoms with Crippen molar-refractivity contribution in [1.29, 1.82) is 0 Å². The van der Waals surface area contributed by atoms with Gasteiger partial charge in [0.1, 0.15) is 0 Å². The van der Waals surface area contributed by atoms with Crippen LogP contribution in [0.25, 0.3) is 11.3 Å². The summed E-state index contributed by atoms with van der Waals surface area (Å²) in [6, 6.07) is 7.41. The standard InChI is InChI=1S/C16H15ClN2O2/c1-8-6-13-14(19-16(8)21-3)11-5-4-10(17)7-12(11)9(2)15(20)18-13/h4-7,9H,1-3H3,(H,18,20). The molecule has 0 saturated heterocycles. The molecule has 5 heteroatoms. The average Bonchev–Trinajstić information content (AvgIpc) is 2.55. The third kappa shape index (κ3) is 2.25. The largest absolute Gasteiger partial charge is 0.481 e. The first-order valence-electron chi connectivity index (χ1n) is 6.67. The number of aromatic nitrogens is 1. The molecule has 4 nitrogen and oxygen atoms in total. The minimum atomic E-state index is -0.292. The van der Waals surface area contributed by atoms with Crippen LogP contribution in [0.2, 0.25) is 5.02 Å². The molecule has 0 saturated carbocycles. The number of hydrogen-bond acceptors (Lipinski definition) is 3. The molecule has 3 rings (SSSR count). The second-order valence-corrected chi connectivity index (χ2v) is 5.59. The average molecular weight is 303 g/mol. The van der Waals surface area contributed by atoms with Gasteiger partial charge in [-0.05, 0) is 37.6 Å². The van der Waals surface area contributed by atoms with Crippen LogP contribution in [0.4, 0.5) is 5.69 Å². The Morgan fingerprint density at radius 2 is 2.10 bits per heavy atom. The quantitative estimate of drug-likeness (QED) is 0.872. The number of hydrogen-bond donors (Lipinski definition) is 1. The van der Waals surface area contributed by atoms with Crippen LogP contribution in [-0.2, 0) is 4.79 Å². The maximum Gasteiger partial charge on any atom is 0.231 e. The first kappa shape index (κ1) is 13.9. The highest BCUT2D eigenvalue weighted by molar-refractivity contribution is 6.30. The summed E-state index contributed by atoms with van der Waals surface area (Å²) in [4.78, 5) is 16.9. The van der Waals surface area contributed by atoms with E-state index in [1.54, 1.807) is 13.2 Å². The summed E-state index contributed by atoms with van der Waals surface area (Å²) in [5.74, 6) is 0.196. The fourth-order valence-electron chi connectivity index (χ4n) is 2.59. The van der Waals surface area contributed by atoms with E-state index < -0.39 is 0 Å². The zero-order chi connectivity index (χ0) is 15.1. The van der Waals surface area contributed by atoms with Crippen LogP contribution < -0.4 is 10.1 Å². The molecule has 1 atom stereocenters. The summed E-state index contributed by atoms with van der Waals surface area (Å²) >= 11 is 6.08. The van der Waals surface area contributed by atoms with E-state index in [-0.39, 0.29) is 11.8 Å². The van der Waals surface area contributed by atoms with Crippen LogP contribution in [-0.4, -0.2) is 18.0 Å². The van der Waals surface area contributed by atoms with Crippen molar-refractivity contribution in [3.8, 4) is 17.1 Å². The van der Waals surface area contributed by atoms with Crippen LogP contribution in [0.15, 0.2) is 24.3 Å². The molecule has 1 aromatic carbocycles. The maximum absolute atomic E-state index is 12.3. The van der Waals surface area contributed by atoms with Gasteiger partial charge in [0.05, 0.1) is 24.4 Å². The molecule has 108 valence electrons. The van der Waals surface area contributed by atoms with Gasteiger partial charge in [-0.1, -0.05) is 17.7 Å². The van der Waals surface area contributed by atoms with Crippen molar-refractivity contribution in [2.45, 2.75) is 19.8 Å². The molecule has 2 aromatic rings. The molecule has 0 fully saturated rings. The molecule has 0 radical (unpaired) electrons. The highest BCUT2D eigenvalue weighted by Crippen LogP contribution is 2.39. The molecule has 1 amide bonds. The Labute approximate surface area is 128 Å². The Morgan fingerprint density at radius 3 is 2.81 bits per heavy atom. The van der Waals surface area contributed by atoms with Gasteiger partial charge in [0.15, 0.2) is 0 Å². The van der Waals surface area contributed by atoms with Crippen molar-refractivity contribution in [1.82, 2.24) is 4.98 Å². The summed E-state index contributed by atoms with van der Waals surface area (Å²) in [5.41, 5.74) is 4.06. The van der Waals surface area contributed by atoms with Gasteiger partial charge in [-0.2, -0.15) is 0 Å². The lowest BCUT2D eigenvalue weighted by molar-refractivity contribution is -0.117. The van der Waals surface area contributed by atoms with E-state index >= 15 is 0 Å². The van der Waals surface area contributed by atoms with Crippen LogP contribution in [0.1, 0.15) is 24.0 Å². The number of methoxy groups -OCH3 is 1. The van der Waals surface area contributed by atoms with E-state index in [1.807, 2.05) is 32.0 Å². The van der Waals surface area contributed by atoms with Gasteiger partial charge in [-0.25, -0.2) is 4.98 Å². The third-order valence-corrected chi connectivity index (χ3v) is 3.98. The molecular formula is C16H15ClN2O2. The molecular weight excluding hydrogens is 288 g/mol. The lowest BCUT2D eigenvalue weighted by Crippen LogP contribution is -2.17. The molecule has 1 aromatic heterocycles. The fraction of sp³-hybridized carbons (Fsp3) is 0.250. The number of carbonyl (C=O) groups is 1. The summed E-state index contributed by atoms with van der Waals surface area (Å²) in [6.07, 6.45) is 0. The van der Waals surface area contributed by atoms with E-state index in [0.29, 0.717) is 22.3 Å². The number of fused-ring (bicyclic) bond motifs is 3. The predicted molar refractivity (Wildman–Crippen MR) is 83.0 cm³/mol. The Balaban J connectivity index is 2.32. The Hall–Kier alpha value is -2.07. The summed E-state index contributed by atoms with van der Waals surface area (Å²) in [5, 5.41) is 3.54. The van der Waals surface area contributed by atoms with Crippen molar-refractivity contribution >= 4 is 23.2 Å². The number of halogens is 1. The summed E-state index contributed by atoms with van der Waals surface area (Å²) < 4.78 is 5.29. The van der Waals surface area contributed by atoms with Gasteiger partial charge in [-0.3, -0.25) is 4.79 Å². The molecule has 1 aliphatic rings. The van der Waals surface area contributed by atoms with Crippen LogP contribution >= 0.6 is 11.6 Å². The molecule has 1 aliphatic heterocycles. The van der Waals surface area contributed by atoms with Gasteiger partial charge < -0.3 is 10.1 Å². The first-order chi connectivity index (χ1) is 10.0. The monoisotopic (exact) mass is 302 g/mol. The minimum absolute atomic E-state index is 0.0661. The molecule has 0 aliphatic carbocycles. The van der Waals surface area contributed by atoms with Crippen molar-refractivity contribution in [2.24, 2.45) is 0 Å². The first-order valence-corrected chi connectivity index (χ1v) is 7.05. The number of ether oxygens (including phenoxy) is 1. The fourth-order valence-corrected chi connectivity index (χ4v) is 2.77. The number of anilines is 1. The smallest absolute Gasteiger partial charge is 0.231 e. The topological polar surface area (TPSA) is 51.2 Å². The second kappa shape index (κ2) is 5.04. The van der Waals surface area contributed by atoms with E-state index in [4.69, 9.17) is 16.3 Å². The Morgan fingerprint density at radius 1 is 1.33 bits per heavy atom. The lowest BCUT2D eigenvalue weighted by Gasteiger charge is -2.12. The number of nitrogens with one attached hydrogen (secondary N) is 1. The van der Waals surface area contributed by atoms with E-state index in [1.165, 1.54) is 0 Å². The zero-order valence-electron chi connectivity index (χ0n) is 12.0. The molecule has 1 unspecified atom stereocenters. The lowest BCUT2D eigenvalue weighted by atomic mass is 9.94. The van der Waals surface area contributed by atoms with E-state index in [0.717, 1.165) is 16.7 Å². The van der Waals surface area contributed by atoms with Crippen molar-refractivity contribution in [3.63, 3.8) is 0 Å². The number of amides is 1. The summed E-state index contributed by atoms with van der Waals surface area (Å²) in [7, 11) is 1.59. The summed E-state index contributed by atoms with van der Waals surface area (Å²) in [6.45, 7) is 3.76. The van der Waals surface area contributed by atoms with Crippen LogP contribution in [0.3, 0.4) is 0 Å². The predicted octanol–water partition coefficient (Wildman–Crippen LogP) is 3.77. The maximum atomic E-state index is 12.3. The SMILES string of the molecule is COc1nc2c(cc1C)NC(=O)C(C)c1cc(Cl)ccc1-2. The molecule has 0 spiro atoms. The number of pyridine rings is 1. The highest BCUT2D eigenvalue weighted by atomic mass is 35.5. The number of carbonyl (C=O) groups excluding carboxylic acids is 1. The van der Waals surface area contributed by atoms with Crippen LogP contribution in [0.5, 0.6) is 5.88 Å². The number of nitrogens with zero attached hydrogens (tertiary/aromatic N) is 1. The van der Waals surface area contributed by atoms with Gasteiger partial charge in [0.2, 0.25) is 11.8 Å². The highest BCUT2D eigenvalue weighted by Gasteiger charge is 2.27. The van der Waals surface area contributed by atoms with E-state index in [2.05, 4.69) is 10.3 Å². The molecule has 21 heavy (non-hydrogen) atoms. The van der Waals surface area contributed by atoms with E-state index in [9.17, 15) is 4.79 Å². The van der Waals surface area contributed by atoms with Crippen LogP contribution in [0, 0.1) is 6.92 Å². The normalized spacial score (nSPS) is 16.6. The molecule has 0 bridgehead atoms. The van der Waals surface area contributed by atoms with Crippen molar-refractivity contribution in [2.75, 3.05) is 12.4 Å². The number of benzene rings is 1. The zero-order valence-corrected chi connectivity index (χ0v) is 12.8. The van der Waals surface area contributed by atoms with Crippen molar-refractivity contribution < 1.29 is 9.53 Å². The van der Waals surface area contributed by atoms with Gasteiger partial charge in [-0.15, -0.1) is 0 Å². The van der Waals surface area contributed by atoms with Gasteiger partial charge >= 0.3 is 0 Å². The number of aryl methyl sites for hydroxylation is 1. The molecule has 1 N–H and O–H groups in total. The number of rotatable bonds is 1. The van der Waals surface area contributed by atoms with Gasteiger partial charge in [0, 0.05) is 16.1 Å². The van der Waals surface area contributed by atoms with Gasteiger partial charge in [0.25, 0.3) is 0 Å². The second-order valence-electron chi connectivity index (χ2n) is 5.15. The minimum Gasteiger partial charge on any atom is -0.481 e. The van der Waals surface area contributed by atoms with Crippen molar-refractivity contribution in [3.05, 3.63) is 40.4 Å². The Kier molecular flexibility index (Phi) is 3.33. The molecule has 2 heterocycles. The third-order valence-electron chi connectivity index (χ3n) is 3.75. The Bertz CT molecular complexity index is 743.